The van der Waals surface area contributed by atoms with E-state index in [1.165, 1.54) is 19.3 Å². The van der Waals surface area contributed by atoms with E-state index in [4.69, 9.17) is 14.6 Å². The summed E-state index contributed by atoms with van der Waals surface area (Å²) in [5, 5.41) is 11.7. The van der Waals surface area contributed by atoms with Gasteiger partial charge in [-0.1, -0.05) is 75.3 Å². The maximum absolute atomic E-state index is 12.6. The Bertz CT molecular complexity index is 851. The number of aldehydes is 1. The lowest BCUT2D eigenvalue weighted by Crippen LogP contribution is -2.42. The Morgan fingerprint density at radius 3 is 2.05 bits per heavy atom. The molecule has 0 heterocycles. The summed E-state index contributed by atoms with van der Waals surface area (Å²) in [4.78, 5) is 46.6. The molecule has 226 valence electrons. The largest absolute Gasteiger partial charge is 0.481 e. The number of carbonyl (C=O) groups excluding carboxylic acids is 3. The molecule has 0 radical (unpaired) electrons. The van der Waals surface area contributed by atoms with E-state index < -0.39 is 18.0 Å². The zero-order valence-corrected chi connectivity index (χ0v) is 24.8. The number of hydrogen-bond acceptors (Lipinski definition) is 6. The van der Waals surface area contributed by atoms with Crippen LogP contribution in [0.2, 0.25) is 0 Å². The van der Waals surface area contributed by atoms with Crippen LogP contribution < -0.4 is 5.32 Å². The van der Waals surface area contributed by atoms with Crippen molar-refractivity contribution in [3.8, 4) is 0 Å². The number of unbranched alkanes of at least 4 members (excludes halogenated alkanes) is 8. The Hall–Kier alpha value is -2.74. The van der Waals surface area contributed by atoms with Crippen LogP contribution in [-0.2, 0) is 35.3 Å². The predicted molar refractivity (Wildman–Crippen MR) is 156 cm³/mol. The normalized spacial score (nSPS) is 12.9. The molecule has 2 N–H and O–H groups in total. The van der Waals surface area contributed by atoms with Gasteiger partial charge in [0.05, 0.1) is 11.7 Å². The highest BCUT2D eigenvalue weighted by molar-refractivity contribution is 5.84. The fourth-order valence-electron chi connectivity index (χ4n) is 4.52. The molecule has 1 amide bonds. The molecule has 0 aromatic heterocycles. The van der Waals surface area contributed by atoms with Gasteiger partial charge in [-0.05, 0) is 58.4 Å². The Kier molecular flexibility index (Phi) is 18.6. The summed E-state index contributed by atoms with van der Waals surface area (Å²) < 4.78 is 11.6. The average Bonchev–Trinajstić information content (AvgIpc) is 2.90. The lowest BCUT2D eigenvalue weighted by Gasteiger charge is -2.28. The Balaban J connectivity index is 2.41. The van der Waals surface area contributed by atoms with Gasteiger partial charge in [-0.15, -0.1) is 0 Å². The van der Waals surface area contributed by atoms with Gasteiger partial charge in [-0.2, -0.15) is 0 Å². The zero-order valence-electron chi connectivity index (χ0n) is 24.8. The minimum atomic E-state index is -1.03. The molecule has 2 atom stereocenters. The molecule has 1 unspecified atom stereocenters. The minimum absolute atomic E-state index is 0.0189. The Labute approximate surface area is 240 Å². The molecule has 40 heavy (non-hydrogen) atoms. The van der Waals surface area contributed by atoms with Crippen LogP contribution in [0.3, 0.4) is 0 Å². The Morgan fingerprint density at radius 2 is 1.45 bits per heavy atom. The van der Waals surface area contributed by atoms with Crippen LogP contribution >= 0.6 is 0 Å². The summed E-state index contributed by atoms with van der Waals surface area (Å²) in [7, 11) is 0. The van der Waals surface area contributed by atoms with E-state index in [1.807, 2.05) is 30.3 Å². The van der Waals surface area contributed by atoms with Gasteiger partial charge in [0.15, 0.2) is 0 Å². The topological polar surface area (TPSA) is 119 Å². The summed E-state index contributed by atoms with van der Waals surface area (Å²) >= 11 is 0. The van der Waals surface area contributed by atoms with Crippen molar-refractivity contribution >= 4 is 24.1 Å². The van der Waals surface area contributed by atoms with Crippen LogP contribution in [0, 0.1) is 0 Å². The summed E-state index contributed by atoms with van der Waals surface area (Å²) in [6, 6.07) is 8.21. The molecule has 0 saturated carbocycles. The first kappa shape index (κ1) is 35.3. The molecule has 0 saturated heterocycles. The van der Waals surface area contributed by atoms with Crippen molar-refractivity contribution in [1.29, 1.82) is 0 Å². The average molecular weight is 562 g/mol. The minimum Gasteiger partial charge on any atom is -0.481 e. The van der Waals surface area contributed by atoms with E-state index in [9.17, 15) is 19.2 Å². The molecule has 1 aromatic carbocycles. The molecule has 1 aromatic rings. The van der Waals surface area contributed by atoms with E-state index in [0.29, 0.717) is 12.8 Å². The number of esters is 1. The second kappa shape index (κ2) is 21.1. The van der Waals surface area contributed by atoms with Crippen molar-refractivity contribution in [3.63, 3.8) is 0 Å². The number of ether oxygens (including phenoxy) is 2. The summed E-state index contributed by atoms with van der Waals surface area (Å²) in [6.45, 7) is 6.23. The summed E-state index contributed by atoms with van der Waals surface area (Å²) in [6.07, 6.45) is 13.1. The highest BCUT2D eigenvalue weighted by Crippen LogP contribution is 2.21. The molecule has 0 aliphatic rings. The molecule has 0 fully saturated rings. The first-order chi connectivity index (χ1) is 19.1. The van der Waals surface area contributed by atoms with Crippen LogP contribution in [0.1, 0.15) is 123 Å². The second-order valence-electron chi connectivity index (χ2n) is 11.5. The molecule has 0 aliphatic carbocycles. The van der Waals surface area contributed by atoms with Crippen LogP contribution in [0.5, 0.6) is 0 Å². The lowest BCUT2D eigenvalue weighted by molar-refractivity contribution is -0.149. The van der Waals surface area contributed by atoms with Crippen molar-refractivity contribution < 1.29 is 33.8 Å². The number of amides is 1. The van der Waals surface area contributed by atoms with Gasteiger partial charge >= 0.3 is 11.9 Å². The number of carboxylic acid groups (broad SMARTS) is 1. The van der Waals surface area contributed by atoms with Crippen molar-refractivity contribution in [1.82, 2.24) is 5.32 Å². The molecule has 0 bridgehead atoms. The maximum Gasteiger partial charge on any atom is 0.328 e. The SMILES string of the molecule is CC(C)(C)O[C@@H](CCCCCCCCCC=O)CCCCC(=O)NC(CCC(=O)O)C(=O)OCc1ccccc1. The van der Waals surface area contributed by atoms with Gasteiger partial charge in [0.1, 0.15) is 18.9 Å². The van der Waals surface area contributed by atoms with Gasteiger partial charge < -0.3 is 24.7 Å². The third-order valence-electron chi connectivity index (χ3n) is 6.54. The molecule has 1 rings (SSSR count). The number of carbonyl (C=O) groups is 4. The third-order valence-corrected chi connectivity index (χ3v) is 6.54. The summed E-state index contributed by atoms with van der Waals surface area (Å²) in [5.74, 6) is -1.94. The van der Waals surface area contributed by atoms with E-state index in [1.54, 1.807) is 0 Å². The lowest BCUT2D eigenvalue weighted by atomic mass is 10.0. The first-order valence-corrected chi connectivity index (χ1v) is 14.9. The number of benzene rings is 1. The van der Waals surface area contributed by atoms with Crippen molar-refractivity contribution in [2.24, 2.45) is 0 Å². The molecular weight excluding hydrogens is 510 g/mol. The standard InChI is InChI=1S/C32H51NO7/c1-32(2,3)40-27(19-13-8-6-4-5-7-9-16-24-34)20-14-15-21-29(35)33-28(22-23-30(36)37)31(38)39-25-26-17-11-10-12-18-26/h10-12,17-18,24,27-28H,4-9,13-16,19-23,25H2,1-3H3,(H,33,35)(H,36,37)/t27-,28?/m0/s1. The van der Waals surface area contributed by atoms with Crippen molar-refractivity contribution in [3.05, 3.63) is 35.9 Å². The summed E-state index contributed by atoms with van der Waals surface area (Å²) in [5.41, 5.74) is 0.579. The number of hydrogen-bond donors (Lipinski definition) is 2. The highest BCUT2D eigenvalue weighted by atomic mass is 16.5. The monoisotopic (exact) mass is 561 g/mol. The predicted octanol–water partition coefficient (Wildman–Crippen LogP) is 6.53. The van der Waals surface area contributed by atoms with Gasteiger partial charge in [0.25, 0.3) is 0 Å². The Morgan fingerprint density at radius 1 is 0.850 bits per heavy atom. The van der Waals surface area contributed by atoms with Crippen molar-refractivity contribution in [2.45, 2.75) is 141 Å². The molecule has 0 spiro atoms. The van der Waals surface area contributed by atoms with Crippen LogP contribution in [0.25, 0.3) is 0 Å². The van der Waals surface area contributed by atoms with E-state index in [0.717, 1.165) is 56.8 Å². The number of rotatable bonds is 23. The smallest absolute Gasteiger partial charge is 0.328 e. The molecule has 8 nitrogen and oxygen atoms in total. The third kappa shape index (κ3) is 19.3. The van der Waals surface area contributed by atoms with Gasteiger partial charge in [-0.25, -0.2) is 4.79 Å². The molecule has 0 aliphatic heterocycles. The van der Waals surface area contributed by atoms with Crippen molar-refractivity contribution in [2.75, 3.05) is 0 Å². The quantitative estimate of drug-likeness (QED) is 0.0885. The fraction of sp³-hybridized carbons (Fsp3) is 0.688. The van der Waals surface area contributed by atoms with E-state index in [2.05, 4.69) is 26.1 Å². The van der Waals surface area contributed by atoms with Crippen LogP contribution in [0.15, 0.2) is 30.3 Å². The van der Waals surface area contributed by atoms with E-state index in [-0.39, 0.29) is 43.5 Å². The van der Waals surface area contributed by atoms with Gasteiger partial charge in [0, 0.05) is 19.3 Å². The first-order valence-electron chi connectivity index (χ1n) is 14.9. The zero-order chi connectivity index (χ0) is 29.6. The maximum atomic E-state index is 12.6. The number of aliphatic carboxylic acids is 1. The highest BCUT2D eigenvalue weighted by Gasteiger charge is 2.24. The van der Waals surface area contributed by atoms with Crippen LogP contribution in [0.4, 0.5) is 0 Å². The second-order valence-corrected chi connectivity index (χ2v) is 11.5. The fourth-order valence-corrected chi connectivity index (χ4v) is 4.52. The van der Waals surface area contributed by atoms with Gasteiger partial charge in [-0.3, -0.25) is 9.59 Å². The van der Waals surface area contributed by atoms with Gasteiger partial charge in [0.2, 0.25) is 5.91 Å². The number of nitrogens with one attached hydrogen (secondary N) is 1. The van der Waals surface area contributed by atoms with E-state index >= 15 is 0 Å². The molecule has 8 heteroatoms. The van der Waals surface area contributed by atoms with Crippen LogP contribution in [-0.4, -0.2) is 47.0 Å². The number of carboxylic acids is 1. The molecular formula is C32H51NO7.